The molecule has 5 rings (SSSR count). The summed E-state index contributed by atoms with van der Waals surface area (Å²) in [4.78, 5) is 14.5. The molecule has 3 N–H and O–H groups in total. The van der Waals surface area contributed by atoms with Crippen LogP contribution in [0.1, 0.15) is 36.8 Å². The van der Waals surface area contributed by atoms with Gasteiger partial charge in [0, 0.05) is 24.7 Å². The van der Waals surface area contributed by atoms with Crippen molar-refractivity contribution in [2.24, 2.45) is 0 Å². The van der Waals surface area contributed by atoms with Gasteiger partial charge in [0.2, 0.25) is 0 Å². The Morgan fingerprint density at radius 2 is 2.09 bits per heavy atom. The van der Waals surface area contributed by atoms with E-state index in [2.05, 4.69) is 41.5 Å². The molecule has 0 unspecified atom stereocenters. The number of fused-ring (bicyclic) bond motifs is 1. The number of piperidine rings is 1. The van der Waals surface area contributed by atoms with Gasteiger partial charge < -0.3 is 25.5 Å². The number of halogens is 1. The highest BCUT2D eigenvalue weighted by Gasteiger charge is 2.36. The lowest BCUT2D eigenvalue weighted by Crippen LogP contribution is -2.41. The molecule has 0 amide bonds. The quantitative estimate of drug-likeness (QED) is 0.492. The second-order valence-corrected chi connectivity index (χ2v) is 9.00. The molecular formula is C22H22ClN9O. The molecule has 168 valence electrons. The van der Waals surface area contributed by atoms with E-state index in [1.165, 1.54) is 10.7 Å². The number of anilines is 3. The first-order chi connectivity index (χ1) is 15.9. The number of nitrogens with one attached hydrogen (secondary N) is 2. The number of aliphatic hydroxyl groups is 1. The number of nitriles is 1. The van der Waals surface area contributed by atoms with Crippen LogP contribution >= 0.6 is 11.6 Å². The van der Waals surface area contributed by atoms with E-state index >= 15 is 0 Å². The number of imidazole rings is 1. The molecule has 2 aliphatic rings. The first kappa shape index (κ1) is 21.4. The largest absolute Gasteiger partial charge is 0.385 e. The minimum absolute atomic E-state index is 0.201. The molecule has 0 bridgehead atoms. The van der Waals surface area contributed by atoms with E-state index in [4.69, 9.17) is 18.2 Å². The fourth-order valence-electron chi connectivity index (χ4n) is 4.01. The average Bonchev–Trinajstić information content (AvgIpc) is 3.53. The topological polar surface area (TPSA) is 119 Å². The minimum Gasteiger partial charge on any atom is -0.385 e. The smallest absolute Gasteiger partial charge is 0.275 e. The first-order valence-electron chi connectivity index (χ1n) is 10.7. The predicted octanol–water partition coefficient (Wildman–Crippen LogP) is 3.43. The number of likely N-dealkylation sites (tertiary alicyclic amines) is 1. The lowest BCUT2D eigenvalue weighted by molar-refractivity contribution is -0.0202. The van der Waals surface area contributed by atoms with Gasteiger partial charge in [-0.25, -0.2) is 4.98 Å². The van der Waals surface area contributed by atoms with Crippen LogP contribution in [0.25, 0.3) is 10.5 Å². The molecule has 0 atom stereocenters. The standard InChI is InChI=1S/C22H22ClN9O/c1-25-17-12-26-20-19(27-14-3-4-14)29-21(30-32(17)20)28-16-10-13(11-24)9-15(18(16)23)22(33)5-7-31(2)8-6-22/h9-10,12,14,33H,3-8H2,2H3,(H2,27,28,29,30). The van der Waals surface area contributed by atoms with Crippen molar-refractivity contribution in [1.82, 2.24) is 24.5 Å². The van der Waals surface area contributed by atoms with Crippen molar-refractivity contribution in [3.8, 4) is 6.07 Å². The van der Waals surface area contributed by atoms with Gasteiger partial charge in [-0.1, -0.05) is 23.3 Å². The van der Waals surface area contributed by atoms with E-state index in [0.717, 1.165) is 25.9 Å². The van der Waals surface area contributed by atoms with Crippen molar-refractivity contribution in [3.63, 3.8) is 0 Å². The Morgan fingerprint density at radius 3 is 2.76 bits per heavy atom. The van der Waals surface area contributed by atoms with Gasteiger partial charge in [-0.2, -0.15) is 10.2 Å². The van der Waals surface area contributed by atoms with Crippen LogP contribution in [0.2, 0.25) is 5.02 Å². The molecule has 2 aromatic heterocycles. The zero-order chi connectivity index (χ0) is 23.2. The molecule has 11 heteroatoms. The Labute approximate surface area is 195 Å². The molecule has 0 radical (unpaired) electrons. The maximum Gasteiger partial charge on any atom is 0.275 e. The van der Waals surface area contributed by atoms with Gasteiger partial charge in [0.25, 0.3) is 17.4 Å². The summed E-state index contributed by atoms with van der Waals surface area (Å²) in [5, 5.41) is 32.1. The molecule has 1 saturated heterocycles. The van der Waals surface area contributed by atoms with Crippen molar-refractivity contribution >= 4 is 40.5 Å². The van der Waals surface area contributed by atoms with Crippen LogP contribution in [-0.2, 0) is 5.60 Å². The van der Waals surface area contributed by atoms with Crippen LogP contribution in [0.4, 0.5) is 23.3 Å². The molecule has 0 spiro atoms. The number of hydrogen-bond acceptors (Lipinski definition) is 8. The monoisotopic (exact) mass is 463 g/mol. The predicted molar refractivity (Wildman–Crippen MR) is 124 cm³/mol. The molecule has 33 heavy (non-hydrogen) atoms. The summed E-state index contributed by atoms with van der Waals surface area (Å²) in [5.74, 6) is 0.978. The number of benzene rings is 1. The van der Waals surface area contributed by atoms with Gasteiger partial charge in [0.05, 0.1) is 34.1 Å². The number of hydrogen-bond donors (Lipinski definition) is 3. The van der Waals surface area contributed by atoms with Crippen LogP contribution in [0.3, 0.4) is 0 Å². The Hall–Kier alpha value is -3.44. The Bertz CT molecular complexity index is 1310. The number of aromatic nitrogens is 4. The molecular weight excluding hydrogens is 442 g/mol. The zero-order valence-electron chi connectivity index (χ0n) is 18.0. The van der Waals surface area contributed by atoms with Gasteiger partial charge in [0.15, 0.2) is 5.82 Å². The molecule has 1 aliphatic carbocycles. The molecule has 1 saturated carbocycles. The Kier molecular flexibility index (Phi) is 5.29. The third kappa shape index (κ3) is 4.05. The summed E-state index contributed by atoms with van der Waals surface area (Å²) >= 11 is 6.75. The highest BCUT2D eigenvalue weighted by atomic mass is 35.5. The summed E-state index contributed by atoms with van der Waals surface area (Å²) in [6.07, 6.45) is 4.57. The SMILES string of the molecule is [C-]#[N+]c1cnc2c(NC3CC3)nc(Nc3cc(C#N)cc(C4(O)CCN(C)CC4)c3Cl)nn12. The molecule has 3 aromatic rings. The summed E-state index contributed by atoms with van der Waals surface area (Å²) in [6, 6.07) is 5.72. The summed E-state index contributed by atoms with van der Waals surface area (Å²) < 4.78 is 1.43. The van der Waals surface area contributed by atoms with Crippen molar-refractivity contribution in [2.75, 3.05) is 30.8 Å². The second kappa shape index (κ2) is 8.16. The maximum absolute atomic E-state index is 11.3. The van der Waals surface area contributed by atoms with Crippen LogP contribution in [0.5, 0.6) is 0 Å². The maximum atomic E-state index is 11.3. The number of rotatable bonds is 5. The summed E-state index contributed by atoms with van der Waals surface area (Å²) in [5.41, 5.74) is 0.639. The molecule has 1 aliphatic heterocycles. The van der Waals surface area contributed by atoms with Crippen LogP contribution < -0.4 is 10.6 Å². The summed E-state index contributed by atoms with van der Waals surface area (Å²) in [7, 11) is 2.01. The second-order valence-electron chi connectivity index (χ2n) is 8.62. The van der Waals surface area contributed by atoms with Crippen molar-refractivity contribution < 1.29 is 5.11 Å². The summed E-state index contributed by atoms with van der Waals surface area (Å²) in [6.45, 7) is 8.85. The van der Waals surface area contributed by atoms with Gasteiger partial charge >= 0.3 is 0 Å². The zero-order valence-corrected chi connectivity index (χ0v) is 18.8. The third-order valence-electron chi connectivity index (χ3n) is 6.14. The van der Waals surface area contributed by atoms with E-state index in [-0.39, 0.29) is 11.8 Å². The molecule has 10 nitrogen and oxygen atoms in total. The lowest BCUT2D eigenvalue weighted by atomic mass is 9.83. The van der Waals surface area contributed by atoms with Gasteiger partial charge in [0.1, 0.15) is 0 Å². The van der Waals surface area contributed by atoms with E-state index < -0.39 is 5.60 Å². The van der Waals surface area contributed by atoms with Crippen molar-refractivity contribution in [1.29, 1.82) is 5.26 Å². The van der Waals surface area contributed by atoms with Crippen LogP contribution in [0, 0.1) is 17.9 Å². The Balaban J connectivity index is 1.56. The Morgan fingerprint density at radius 1 is 1.33 bits per heavy atom. The fraction of sp³-hybridized carbons (Fsp3) is 0.409. The fourth-order valence-corrected chi connectivity index (χ4v) is 4.35. The molecule has 1 aromatic carbocycles. The third-order valence-corrected chi connectivity index (χ3v) is 6.55. The first-order valence-corrected chi connectivity index (χ1v) is 11.1. The normalized spacial score (nSPS) is 18.0. The van der Waals surface area contributed by atoms with E-state index in [1.807, 2.05) is 7.05 Å². The van der Waals surface area contributed by atoms with Gasteiger partial charge in [-0.15, -0.1) is 4.52 Å². The highest BCUT2D eigenvalue weighted by molar-refractivity contribution is 6.34. The van der Waals surface area contributed by atoms with Gasteiger partial charge in [-0.05, 0) is 44.9 Å². The lowest BCUT2D eigenvalue weighted by Gasteiger charge is -2.37. The van der Waals surface area contributed by atoms with Crippen LogP contribution in [-0.4, -0.2) is 55.8 Å². The van der Waals surface area contributed by atoms with Gasteiger partial charge in [-0.3, -0.25) is 0 Å². The number of nitrogens with zero attached hydrogens (tertiary/aromatic N) is 7. The van der Waals surface area contributed by atoms with Crippen LogP contribution in [0.15, 0.2) is 18.3 Å². The van der Waals surface area contributed by atoms with Crippen molar-refractivity contribution in [3.05, 3.63) is 45.9 Å². The highest BCUT2D eigenvalue weighted by Crippen LogP contribution is 2.41. The van der Waals surface area contributed by atoms with Crippen molar-refractivity contribution in [2.45, 2.75) is 37.3 Å². The van der Waals surface area contributed by atoms with E-state index in [0.29, 0.717) is 52.2 Å². The van der Waals surface area contributed by atoms with E-state index in [1.54, 1.807) is 12.1 Å². The van der Waals surface area contributed by atoms with E-state index in [9.17, 15) is 10.4 Å². The minimum atomic E-state index is -1.13. The average molecular weight is 464 g/mol. The molecule has 3 heterocycles. The molecule has 2 fully saturated rings.